The fourth-order valence-electron chi connectivity index (χ4n) is 1.73. The lowest BCUT2D eigenvalue weighted by Crippen LogP contribution is -2.29. The van der Waals surface area contributed by atoms with Crippen molar-refractivity contribution < 1.29 is 8.42 Å². The number of pyridine rings is 1. The number of aryl methyl sites for hydroxylation is 2. The van der Waals surface area contributed by atoms with Crippen molar-refractivity contribution in [3.05, 3.63) is 34.6 Å². The highest BCUT2D eigenvalue weighted by molar-refractivity contribution is 9.10. The van der Waals surface area contributed by atoms with E-state index in [0.717, 1.165) is 8.78 Å². The Hall–Kier alpha value is -1.41. The van der Waals surface area contributed by atoms with Crippen LogP contribution in [0.25, 0.3) is 0 Å². The van der Waals surface area contributed by atoms with Gasteiger partial charge in [0.25, 0.3) is 10.0 Å². The molecule has 0 amide bonds. The van der Waals surface area contributed by atoms with Crippen LogP contribution >= 0.6 is 15.9 Å². The average Bonchev–Trinajstić information content (AvgIpc) is 2.68. The van der Waals surface area contributed by atoms with E-state index in [1.54, 1.807) is 32.3 Å². The van der Waals surface area contributed by atoms with E-state index in [9.17, 15) is 8.42 Å². The van der Waals surface area contributed by atoms with Gasteiger partial charge in [-0.1, -0.05) is 15.9 Å². The fraction of sp³-hybridized carbons (Fsp3) is 0.273. The molecular weight excluding hydrogens is 332 g/mol. The first kappa shape index (κ1) is 14.0. The molecule has 2 rings (SSSR count). The molecule has 0 radical (unpaired) electrons. The van der Waals surface area contributed by atoms with E-state index in [1.807, 2.05) is 0 Å². The van der Waals surface area contributed by atoms with Crippen LogP contribution in [0.5, 0.6) is 0 Å². The fourth-order valence-corrected chi connectivity index (χ4v) is 3.49. The smallest absolute Gasteiger partial charge is 0.255 e. The number of sulfonamides is 1. The number of hydrogen-bond acceptors (Lipinski definition) is 4. The van der Waals surface area contributed by atoms with E-state index < -0.39 is 10.0 Å². The Morgan fingerprint density at radius 3 is 2.63 bits per heavy atom. The van der Waals surface area contributed by atoms with Crippen molar-refractivity contribution in [1.29, 1.82) is 0 Å². The van der Waals surface area contributed by atoms with Gasteiger partial charge in [-0.05, 0) is 19.1 Å². The third kappa shape index (κ3) is 2.50. The molecule has 2 heterocycles. The van der Waals surface area contributed by atoms with Crippen LogP contribution in [-0.2, 0) is 17.1 Å². The molecule has 0 aliphatic rings. The molecule has 0 atom stereocenters. The van der Waals surface area contributed by atoms with Crippen LogP contribution in [0, 0.1) is 6.92 Å². The second-order valence-corrected chi connectivity index (χ2v) is 6.86. The quantitative estimate of drug-likeness (QED) is 0.849. The maximum Gasteiger partial charge on any atom is 0.282 e. The number of aromatic nitrogens is 3. The van der Waals surface area contributed by atoms with Gasteiger partial charge < -0.3 is 0 Å². The van der Waals surface area contributed by atoms with Gasteiger partial charge in [-0.25, -0.2) is 4.98 Å². The third-order valence-electron chi connectivity index (χ3n) is 2.69. The molecule has 0 N–H and O–H groups in total. The predicted molar refractivity (Wildman–Crippen MR) is 75.5 cm³/mol. The Morgan fingerprint density at radius 2 is 2.11 bits per heavy atom. The first-order chi connectivity index (χ1) is 8.84. The lowest BCUT2D eigenvalue weighted by Gasteiger charge is -2.19. The molecule has 0 saturated heterocycles. The standard InChI is InChI=1S/C11H13BrN4O2S/c1-8-7-14-15(2)11(8)19(17,18)16(3)10-6-9(12)4-5-13-10/h4-7H,1-3H3. The summed E-state index contributed by atoms with van der Waals surface area (Å²) < 4.78 is 28.4. The predicted octanol–water partition coefficient (Wildman–Crippen LogP) is 1.71. The largest absolute Gasteiger partial charge is 0.282 e. The van der Waals surface area contributed by atoms with Crippen LogP contribution in [0.1, 0.15) is 5.56 Å². The van der Waals surface area contributed by atoms with Gasteiger partial charge in [0.2, 0.25) is 0 Å². The molecule has 0 saturated carbocycles. The minimum atomic E-state index is -3.68. The monoisotopic (exact) mass is 344 g/mol. The molecule has 0 aliphatic carbocycles. The van der Waals surface area contributed by atoms with Gasteiger partial charge >= 0.3 is 0 Å². The number of rotatable bonds is 3. The molecule has 2 aromatic heterocycles. The Labute approximate surface area is 120 Å². The summed E-state index contributed by atoms with van der Waals surface area (Å²) >= 11 is 3.30. The Bertz CT molecular complexity index is 692. The Kier molecular flexibility index (Phi) is 3.64. The molecule has 0 unspecified atom stereocenters. The highest BCUT2D eigenvalue weighted by Crippen LogP contribution is 2.23. The Balaban J connectivity index is 2.52. The van der Waals surface area contributed by atoms with Crippen LogP contribution in [0.2, 0.25) is 0 Å². The first-order valence-electron chi connectivity index (χ1n) is 5.43. The molecule has 2 aromatic rings. The lowest BCUT2D eigenvalue weighted by molar-refractivity contribution is 0.573. The van der Waals surface area contributed by atoms with Crippen molar-refractivity contribution in [3.63, 3.8) is 0 Å². The maximum absolute atomic E-state index is 12.6. The molecule has 0 fully saturated rings. The van der Waals surface area contributed by atoms with Gasteiger partial charge in [-0.15, -0.1) is 0 Å². The van der Waals surface area contributed by atoms with Gasteiger partial charge in [0.1, 0.15) is 5.82 Å². The first-order valence-corrected chi connectivity index (χ1v) is 7.66. The van der Waals surface area contributed by atoms with Crippen molar-refractivity contribution in [2.75, 3.05) is 11.4 Å². The highest BCUT2D eigenvalue weighted by Gasteiger charge is 2.27. The summed E-state index contributed by atoms with van der Waals surface area (Å²) in [6, 6.07) is 3.38. The van der Waals surface area contributed by atoms with Crippen LogP contribution < -0.4 is 4.31 Å². The minimum absolute atomic E-state index is 0.164. The van der Waals surface area contributed by atoms with Crippen LogP contribution in [0.4, 0.5) is 5.82 Å². The SMILES string of the molecule is Cc1cnn(C)c1S(=O)(=O)N(C)c1cc(Br)ccn1. The zero-order valence-electron chi connectivity index (χ0n) is 10.7. The van der Waals surface area contributed by atoms with E-state index in [1.165, 1.54) is 17.9 Å². The van der Waals surface area contributed by atoms with Crippen molar-refractivity contribution in [2.45, 2.75) is 11.9 Å². The van der Waals surface area contributed by atoms with Crippen LogP contribution in [0.15, 0.2) is 34.0 Å². The highest BCUT2D eigenvalue weighted by atomic mass is 79.9. The van der Waals surface area contributed by atoms with E-state index in [2.05, 4.69) is 26.0 Å². The summed E-state index contributed by atoms with van der Waals surface area (Å²) in [6.45, 7) is 1.71. The summed E-state index contributed by atoms with van der Waals surface area (Å²) in [5, 5.41) is 4.12. The van der Waals surface area contributed by atoms with Crippen molar-refractivity contribution in [3.8, 4) is 0 Å². The van der Waals surface area contributed by atoms with Crippen molar-refractivity contribution >= 4 is 31.8 Å². The molecule has 0 aromatic carbocycles. The third-order valence-corrected chi connectivity index (χ3v) is 5.17. The van der Waals surface area contributed by atoms with Gasteiger partial charge in [-0.2, -0.15) is 13.5 Å². The van der Waals surface area contributed by atoms with E-state index in [0.29, 0.717) is 11.4 Å². The van der Waals surface area contributed by atoms with Gasteiger partial charge in [0, 0.05) is 30.3 Å². The van der Waals surface area contributed by atoms with E-state index in [4.69, 9.17) is 0 Å². The summed E-state index contributed by atoms with van der Waals surface area (Å²) in [4.78, 5) is 4.06. The van der Waals surface area contributed by atoms with Crippen LogP contribution in [-0.4, -0.2) is 30.2 Å². The molecular formula is C11H13BrN4O2S. The maximum atomic E-state index is 12.6. The molecule has 19 heavy (non-hydrogen) atoms. The van der Waals surface area contributed by atoms with E-state index >= 15 is 0 Å². The molecule has 0 aliphatic heterocycles. The molecule has 0 bridgehead atoms. The zero-order chi connectivity index (χ0) is 14.2. The zero-order valence-corrected chi connectivity index (χ0v) is 13.1. The topological polar surface area (TPSA) is 68.1 Å². The summed E-state index contributed by atoms with van der Waals surface area (Å²) in [6.07, 6.45) is 3.07. The number of halogens is 1. The second-order valence-electron chi connectivity index (χ2n) is 4.06. The van der Waals surface area contributed by atoms with Crippen molar-refractivity contribution in [2.24, 2.45) is 7.05 Å². The van der Waals surface area contributed by atoms with Crippen LogP contribution in [0.3, 0.4) is 0 Å². The Morgan fingerprint density at radius 1 is 1.42 bits per heavy atom. The number of nitrogens with zero attached hydrogens (tertiary/aromatic N) is 4. The molecule has 8 heteroatoms. The molecule has 6 nitrogen and oxygen atoms in total. The minimum Gasteiger partial charge on any atom is -0.255 e. The van der Waals surface area contributed by atoms with Gasteiger partial charge in [0.05, 0.1) is 6.20 Å². The molecule has 102 valence electrons. The normalized spacial score (nSPS) is 11.6. The lowest BCUT2D eigenvalue weighted by atomic mass is 10.4. The molecule has 0 spiro atoms. The summed E-state index contributed by atoms with van der Waals surface area (Å²) in [5.74, 6) is 0.343. The van der Waals surface area contributed by atoms with Crippen molar-refractivity contribution in [1.82, 2.24) is 14.8 Å². The van der Waals surface area contributed by atoms with Gasteiger partial charge in [0.15, 0.2) is 5.03 Å². The van der Waals surface area contributed by atoms with E-state index in [-0.39, 0.29) is 5.03 Å². The number of hydrogen-bond donors (Lipinski definition) is 0. The second kappa shape index (κ2) is 4.93. The summed E-state index contributed by atoms with van der Waals surface area (Å²) in [5.41, 5.74) is 0.601. The number of anilines is 1. The van der Waals surface area contributed by atoms with Gasteiger partial charge in [-0.3, -0.25) is 8.99 Å². The summed E-state index contributed by atoms with van der Waals surface area (Å²) in [7, 11) is -0.608. The average molecular weight is 345 g/mol.